The highest BCUT2D eigenvalue weighted by molar-refractivity contribution is 14.1. The van der Waals surface area contributed by atoms with Gasteiger partial charge in [0, 0.05) is 22.0 Å². The van der Waals surface area contributed by atoms with Crippen LogP contribution < -0.4 is 5.32 Å². The fourth-order valence-electron chi connectivity index (χ4n) is 1.93. The summed E-state index contributed by atoms with van der Waals surface area (Å²) in [7, 11) is 0. The van der Waals surface area contributed by atoms with E-state index in [0.717, 1.165) is 9.26 Å². The summed E-state index contributed by atoms with van der Waals surface area (Å²) < 4.78 is 43.0. The van der Waals surface area contributed by atoms with E-state index < -0.39 is 12.8 Å². The number of rotatable bonds is 6. The van der Waals surface area contributed by atoms with Gasteiger partial charge in [-0.05, 0) is 52.9 Å². The number of amides is 1. The summed E-state index contributed by atoms with van der Waals surface area (Å²) in [4.78, 5) is 12.1. The molecule has 2 rings (SSSR count). The molecule has 1 heterocycles. The molecule has 0 radical (unpaired) electrons. The van der Waals surface area contributed by atoms with Gasteiger partial charge in [0.1, 0.15) is 12.3 Å². The van der Waals surface area contributed by atoms with Gasteiger partial charge in [-0.25, -0.2) is 0 Å². The molecule has 1 aromatic heterocycles. The molecule has 0 aliphatic rings. The molecular formula is C15H14F3IN2O2. The van der Waals surface area contributed by atoms with Crippen molar-refractivity contribution in [3.8, 4) is 5.69 Å². The summed E-state index contributed by atoms with van der Waals surface area (Å²) in [5.74, 6) is -0.371. The number of halogens is 4. The van der Waals surface area contributed by atoms with E-state index in [2.05, 4.69) is 32.6 Å². The van der Waals surface area contributed by atoms with Gasteiger partial charge < -0.3 is 14.6 Å². The van der Waals surface area contributed by atoms with Gasteiger partial charge in [0.25, 0.3) is 5.91 Å². The molecule has 1 N–H and O–H groups in total. The highest BCUT2D eigenvalue weighted by Gasteiger charge is 2.27. The second-order valence-corrected chi connectivity index (χ2v) is 5.91. The molecule has 124 valence electrons. The van der Waals surface area contributed by atoms with Crippen molar-refractivity contribution in [2.45, 2.75) is 6.18 Å². The van der Waals surface area contributed by atoms with Crippen LogP contribution in [-0.4, -0.2) is 36.4 Å². The van der Waals surface area contributed by atoms with E-state index >= 15 is 0 Å². The fraction of sp³-hybridized carbons (Fsp3) is 0.267. The van der Waals surface area contributed by atoms with E-state index in [1.54, 1.807) is 22.9 Å². The first-order valence-electron chi connectivity index (χ1n) is 6.73. The molecule has 1 aromatic carbocycles. The van der Waals surface area contributed by atoms with Gasteiger partial charge in [0.2, 0.25) is 0 Å². The minimum atomic E-state index is -4.36. The Morgan fingerprint density at radius 1 is 1.26 bits per heavy atom. The Morgan fingerprint density at radius 2 is 2.04 bits per heavy atom. The van der Waals surface area contributed by atoms with Crippen molar-refractivity contribution in [2.24, 2.45) is 0 Å². The second-order valence-electron chi connectivity index (χ2n) is 4.67. The largest absolute Gasteiger partial charge is 0.411 e. The second kappa shape index (κ2) is 7.82. The topological polar surface area (TPSA) is 43.3 Å². The predicted octanol–water partition coefficient (Wildman–Crippen LogP) is 3.39. The molecule has 0 bridgehead atoms. The maximum absolute atomic E-state index is 12.1. The molecule has 4 nitrogen and oxygen atoms in total. The average Bonchev–Trinajstić information content (AvgIpc) is 2.95. The molecule has 0 aliphatic heterocycles. The SMILES string of the molecule is O=C(NCCOCC(F)(F)F)c1cccn1-c1cccc(I)c1. The van der Waals surface area contributed by atoms with Crippen molar-refractivity contribution in [1.82, 2.24) is 9.88 Å². The summed E-state index contributed by atoms with van der Waals surface area (Å²) in [5, 5.41) is 2.54. The Bertz CT molecular complexity index is 671. The number of carbonyl (C=O) groups is 1. The quantitative estimate of drug-likeness (QED) is 0.555. The Kier molecular flexibility index (Phi) is 6.05. The first kappa shape index (κ1) is 17.8. The Labute approximate surface area is 144 Å². The van der Waals surface area contributed by atoms with E-state index in [1.165, 1.54) is 0 Å². The van der Waals surface area contributed by atoms with Gasteiger partial charge in [0.05, 0.1) is 6.61 Å². The molecule has 0 unspecified atom stereocenters. The first-order chi connectivity index (χ1) is 10.9. The molecule has 0 saturated heterocycles. The zero-order chi connectivity index (χ0) is 16.9. The molecule has 1 amide bonds. The normalized spacial score (nSPS) is 11.5. The number of nitrogens with zero attached hydrogens (tertiary/aromatic N) is 1. The lowest BCUT2D eigenvalue weighted by molar-refractivity contribution is -0.173. The third-order valence-corrected chi connectivity index (χ3v) is 3.54. The van der Waals surface area contributed by atoms with E-state index in [9.17, 15) is 18.0 Å². The summed E-state index contributed by atoms with van der Waals surface area (Å²) in [6.45, 7) is -1.51. The summed E-state index contributed by atoms with van der Waals surface area (Å²) in [6, 6.07) is 11.0. The number of ether oxygens (including phenoxy) is 1. The van der Waals surface area contributed by atoms with Crippen LogP contribution in [-0.2, 0) is 4.74 Å². The third kappa shape index (κ3) is 5.54. The van der Waals surface area contributed by atoms with Crippen LogP contribution in [0.1, 0.15) is 10.5 Å². The highest BCUT2D eigenvalue weighted by Crippen LogP contribution is 2.16. The van der Waals surface area contributed by atoms with Crippen LogP contribution in [0, 0.1) is 3.57 Å². The molecular weight excluding hydrogens is 424 g/mol. The van der Waals surface area contributed by atoms with Gasteiger partial charge in [0.15, 0.2) is 0 Å². The summed E-state index contributed by atoms with van der Waals surface area (Å²) >= 11 is 2.18. The van der Waals surface area contributed by atoms with E-state index in [4.69, 9.17) is 0 Å². The molecule has 2 aromatic rings. The fourth-order valence-corrected chi connectivity index (χ4v) is 2.46. The van der Waals surface area contributed by atoms with Crippen molar-refractivity contribution >= 4 is 28.5 Å². The van der Waals surface area contributed by atoms with Crippen LogP contribution in [0.2, 0.25) is 0 Å². The molecule has 0 spiro atoms. The van der Waals surface area contributed by atoms with Crippen LogP contribution in [0.3, 0.4) is 0 Å². The number of hydrogen-bond donors (Lipinski definition) is 1. The minimum absolute atomic E-state index is 0.00637. The standard InChI is InChI=1S/C15H14F3IN2O2/c16-15(17,18)10-23-8-6-20-14(22)13-5-2-7-21(13)12-4-1-3-11(19)9-12/h1-5,7,9H,6,8,10H2,(H,20,22). The van der Waals surface area contributed by atoms with Crippen molar-refractivity contribution in [3.05, 3.63) is 51.9 Å². The lowest BCUT2D eigenvalue weighted by Gasteiger charge is -2.11. The number of alkyl halides is 3. The Morgan fingerprint density at radius 3 is 2.74 bits per heavy atom. The van der Waals surface area contributed by atoms with Crippen LogP contribution in [0.4, 0.5) is 13.2 Å². The van der Waals surface area contributed by atoms with Crippen LogP contribution in [0.15, 0.2) is 42.6 Å². The first-order valence-corrected chi connectivity index (χ1v) is 7.81. The van der Waals surface area contributed by atoms with Crippen molar-refractivity contribution in [1.29, 1.82) is 0 Å². The lowest BCUT2D eigenvalue weighted by atomic mass is 10.3. The number of carbonyl (C=O) groups excluding carboxylic acids is 1. The molecule has 0 aliphatic carbocycles. The van der Waals surface area contributed by atoms with Gasteiger partial charge in [-0.2, -0.15) is 13.2 Å². The van der Waals surface area contributed by atoms with Gasteiger partial charge >= 0.3 is 6.18 Å². The van der Waals surface area contributed by atoms with Crippen LogP contribution in [0.5, 0.6) is 0 Å². The Balaban J connectivity index is 1.93. The summed E-state index contributed by atoms with van der Waals surface area (Å²) in [6.07, 6.45) is -2.61. The smallest absolute Gasteiger partial charge is 0.370 e. The number of benzene rings is 1. The van der Waals surface area contributed by atoms with Gasteiger partial charge in [-0.3, -0.25) is 4.79 Å². The Hall–Kier alpha value is -1.55. The minimum Gasteiger partial charge on any atom is -0.370 e. The van der Waals surface area contributed by atoms with E-state index in [1.807, 2.05) is 24.3 Å². The van der Waals surface area contributed by atoms with Crippen molar-refractivity contribution in [3.63, 3.8) is 0 Å². The number of aromatic nitrogens is 1. The summed E-state index contributed by atoms with van der Waals surface area (Å²) in [5.41, 5.74) is 1.24. The number of nitrogens with one attached hydrogen (secondary N) is 1. The maximum atomic E-state index is 12.1. The molecule has 0 fully saturated rings. The maximum Gasteiger partial charge on any atom is 0.411 e. The van der Waals surface area contributed by atoms with Crippen molar-refractivity contribution in [2.75, 3.05) is 19.8 Å². The lowest BCUT2D eigenvalue weighted by Crippen LogP contribution is -2.30. The average molecular weight is 438 g/mol. The number of hydrogen-bond acceptors (Lipinski definition) is 2. The van der Waals surface area contributed by atoms with Gasteiger partial charge in [-0.15, -0.1) is 0 Å². The predicted molar refractivity (Wildman–Crippen MR) is 87.7 cm³/mol. The molecule has 0 atom stereocenters. The van der Waals surface area contributed by atoms with Crippen LogP contribution >= 0.6 is 22.6 Å². The molecule has 8 heteroatoms. The zero-order valence-electron chi connectivity index (χ0n) is 11.9. The van der Waals surface area contributed by atoms with E-state index in [-0.39, 0.29) is 19.1 Å². The van der Waals surface area contributed by atoms with Gasteiger partial charge in [-0.1, -0.05) is 6.07 Å². The third-order valence-electron chi connectivity index (χ3n) is 2.87. The molecule has 23 heavy (non-hydrogen) atoms. The molecule has 0 saturated carbocycles. The zero-order valence-corrected chi connectivity index (χ0v) is 14.1. The van der Waals surface area contributed by atoms with Crippen molar-refractivity contribution < 1.29 is 22.7 Å². The monoisotopic (exact) mass is 438 g/mol. The van der Waals surface area contributed by atoms with E-state index in [0.29, 0.717) is 5.69 Å². The van der Waals surface area contributed by atoms with Crippen LogP contribution in [0.25, 0.3) is 5.69 Å². The highest BCUT2D eigenvalue weighted by atomic mass is 127.